The van der Waals surface area contributed by atoms with Gasteiger partial charge in [-0.1, -0.05) is 23.7 Å². The monoisotopic (exact) mass is 375 g/mol. The zero-order valence-corrected chi connectivity index (χ0v) is 14.9. The first kappa shape index (κ1) is 18.1. The van der Waals surface area contributed by atoms with Crippen LogP contribution in [0.4, 0.5) is 20.4 Å². The summed E-state index contributed by atoms with van der Waals surface area (Å²) >= 11 is 5.90. The minimum atomic E-state index is -0.677. The van der Waals surface area contributed by atoms with E-state index in [1.807, 2.05) is 32.0 Å². The van der Waals surface area contributed by atoms with Gasteiger partial charge in [-0.2, -0.15) is 4.98 Å². The van der Waals surface area contributed by atoms with Gasteiger partial charge in [0.15, 0.2) is 0 Å². The van der Waals surface area contributed by atoms with Gasteiger partial charge < -0.3 is 9.88 Å². The van der Waals surface area contributed by atoms with Gasteiger partial charge >= 0.3 is 0 Å². The molecule has 0 amide bonds. The second-order valence-corrected chi connectivity index (χ2v) is 6.47. The molecule has 0 aliphatic rings. The lowest BCUT2D eigenvalue weighted by Crippen LogP contribution is -2.18. The second-order valence-electron chi connectivity index (χ2n) is 6.07. The highest BCUT2D eigenvalue weighted by Crippen LogP contribution is 2.22. The maximum Gasteiger partial charge on any atom is 0.293 e. The molecule has 0 saturated heterocycles. The van der Waals surface area contributed by atoms with Gasteiger partial charge in [-0.05, 0) is 48.7 Å². The number of nitrogens with zero attached hydrogens (tertiary/aromatic N) is 2. The fraction of sp³-hybridized carbons (Fsp3) is 0.158. The number of aryl methyl sites for hydroxylation is 2. The molecule has 0 fully saturated rings. The van der Waals surface area contributed by atoms with Gasteiger partial charge in [-0.15, -0.1) is 0 Å². The van der Waals surface area contributed by atoms with E-state index in [0.717, 1.165) is 22.9 Å². The number of nitrogens with one attached hydrogen (secondary N) is 1. The van der Waals surface area contributed by atoms with Crippen molar-refractivity contribution < 1.29 is 8.78 Å². The highest BCUT2D eigenvalue weighted by molar-refractivity contribution is 6.30. The van der Waals surface area contributed by atoms with Gasteiger partial charge in [0, 0.05) is 18.0 Å². The first-order chi connectivity index (χ1) is 12.3. The van der Waals surface area contributed by atoms with E-state index in [-0.39, 0.29) is 17.5 Å². The van der Waals surface area contributed by atoms with Crippen molar-refractivity contribution in [2.24, 2.45) is 0 Å². The Morgan fingerprint density at radius 3 is 2.50 bits per heavy atom. The molecule has 2 aromatic carbocycles. The second kappa shape index (κ2) is 7.25. The van der Waals surface area contributed by atoms with Crippen molar-refractivity contribution in [1.29, 1.82) is 0 Å². The molecular formula is C19H16ClF2N3O. The molecule has 3 aromatic rings. The Morgan fingerprint density at radius 2 is 1.81 bits per heavy atom. The van der Waals surface area contributed by atoms with Crippen molar-refractivity contribution in [2.75, 3.05) is 5.32 Å². The van der Waals surface area contributed by atoms with E-state index in [1.54, 1.807) is 4.57 Å². The van der Waals surface area contributed by atoms with E-state index in [9.17, 15) is 13.6 Å². The van der Waals surface area contributed by atoms with E-state index >= 15 is 0 Å². The van der Waals surface area contributed by atoms with E-state index in [1.165, 1.54) is 18.3 Å². The Balaban J connectivity index is 2.03. The highest BCUT2D eigenvalue weighted by Gasteiger charge is 2.11. The minimum Gasteiger partial charge on any atom is -0.325 e. The van der Waals surface area contributed by atoms with Crippen LogP contribution in [0, 0.1) is 25.5 Å². The van der Waals surface area contributed by atoms with Gasteiger partial charge in [-0.25, -0.2) is 8.78 Å². The molecule has 0 aliphatic carbocycles. The topological polar surface area (TPSA) is 46.9 Å². The number of benzene rings is 2. The molecule has 1 aromatic heterocycles. The molecule has 0 spiro atoms. The van der Waals surface area contributed by atoms with Gasteiger partial charge in [0.25, 0.3) is 5.56 Å². The molecule has 26 heavy (non-hydrogen) atoms. The number of aromatic nitrogens is 2. The van der Waals surface area contributed by atoms with Crippen LogP contribution in [0.15, 0.2) is 47.4 Å². The van der Waals surface area contributed by atoms with Crippen LogP contribution in [0.25, 0.3) is 0 Å². The van der Waals surface area contributed by atoms with Crippen LogP contribution in [-0.2, 0) is 6.54 Å². The molecular weight excluding hydrogens is 360 g/mol. The van der Waals surface area contributed by atoms with Crippen LogP contribution >= 0.6 is 11.6 Å². The number of hydrogen-bond donors (Lipinski definition) is 1. The average Bonchev–Trinajstić information content (AvgIpc) is 2.54. The highest BCUT2D eigenvalue weighted by atomic mass is 35.5. The first-order valence-corrected chi connectivity index (χ1v) is 8.26. The van der Waals surface area contributed by atoms with Crippen molar-refractivity contribution in [1.82, 2.24) is 9.55 Å². The third-order valence-electron chi connectivity index (χ3n) is 3.87. The Morgan fingerprint density at radius 1 is 1.12 bits per heavy atom. The van der Waals surface area contributed by atoms with Gasteiger partial charge in [-0.3, -0.25) is 4.79 Å². The Bertz CT molecular complexity index is 1010. The van der Waals surface area contributed by atoms with Crippen molar-refractivity contribution in [2.45, 2.75) is 20.4 Å². The summed E-state index contributed by atoms with van der Waals surface area (Å²) in [6, 6.07) is 9.07. The maximum absolute atomic E-state index is 13.5. The molecule has 4 nitrogen and oxygen atoms in total. The Hall–Kier alpha value is -2.73. The average molecular weight is 376 g/mol. The summed E-state index contributed by atoms with van der Waals surface area (Å²) in [5.74, 6) is -1.12. The SMILES string of the molecule is Cc1ccc(C)c(Nc2nc(=O)c(Cl)cn2Cc2cc(F)cc(F)c2)c1. The van der Waals surface area contributed by atoms with Gasteiger partial charge in [0.05, 0.1) is 6.54 Å². The first-order valence-electron chi connectivity index (χ1n) is 7.88. The molecule has 3 rings (SSSR count). The molecule has 0 unspecified atom stereocenters. The van der Waals surface area contributed by atoms with E-state index in [4.69, 9.17) is 11.6 Å². The van der Waals surface area contributed by atoms with Crippen LogP contribution in [0.1, 0.15) is 16.7 Å². The van der Waals surface area contributed by atoms with E-state index < -0.39 is 17.2 Å². The molecule has 1 heterocycles. The third kappa shape index (κ3) is 4.08. The zero-order chi connectivity index (χ0) is 18.8. The fourth-order valence-corrected chi connectivity index (χ4v) is 2.74. The van der Waals surface area contributed by atoms with Crippen LogP contribution in [0.3, 0.4) is 0 Å². The molecule has 0 aliphatic heterocycles. The molecule has 0 saturated carbocycles. The maximum atomic E-state index is 13.5. The van der Waals surface area contributed by atoms with Crippen molar-refractivity contribution in [3.05, 3.63) is 86.3 Å². The summed E-state index contributed by atoms with van der Waals surface area (Å²) in [4.78, 5) is 15.8. The molecule has 134 valence electrons. The van der Waals surface area contributed by atoms with Gasteiger partial charge in [0.2, 0.25) is 5.95 Å². The van der Waals surface area contributed by atoms with Crippen molar-refractivity contribution >= 4 is 23.2 Å². The van der Waals surface area contributed by atoms with Crippen LogP contribution in [0.2, 0.25) is 5.02 Å². The summed E-state index contributed by atoms with van der Waals surface area (Å²) in [5, 5.41) is 3.03. The van der Waals surface area contributed by atoms with E-state index in [0.29, 0.717) is 5.56 Å². The van der Waals surface area contributed by atoms with Crippen LogP contribution in [-0.4, -0.2) is 9.55 Å². The smallest absolute Gasteiger partial charge is 0.293 e. The largest absolute Gasteiger partial charge is 0.325 e. The predicted molar refractivity (Wildman–Crippen MR) is 98.2 cm³/mol. The van der Waals surface area contributed by atoms with Crippen molar-refractivity contribution in [3.63, 3.8) is 0 Å². The molecule has 0 radical (unpaired) electrons. The van der Waals surface area contributed by atoms with Crippen LogP contribution in [0.5, 0.6) is 0 Å². The van der Waals surface area contributed by atoms with Crippen LogP contribution < -0.4 is 10.9 Å². The minimum absolute atomic E-state index is 0.0756. The molecule has 0 atom stereocenters. The molecule has 0 bridgehead atoms. The Kier molecular flexibility index (Phi) is 5.04. The number of rotatable bonds is 4. The summed E-state index contributed by atoms with van der Waals surface area (Å²) in [7, 11) is 0. The normalized spacial score (nSPS) is 10.8. The number of halogens is 3. The number of anilines is 2. The summed E-state index contributed by atoms with van der Waals surface area (Å²) in [6.07, 6.45) is 1.40. The number of hydrogen-bond acceptors (Lipinski definition) is 3. The summed E-state index contributed by atoms with van der Waals surface area (Å²) in [5.41, 5.74) is 2.57. The lowest BCUT2D eigenvalue weighted by Gasteiger charge is -2.16. The molecule has 7 heteroatoms. The third-order valence-corrected chi connectivity index (χ3v) is 4.13. The summed E-state index contributed by atoms with van der Waals surface area (Å²) < 4.78 is 28.5. The fourth-order valence-electron chi connectivity index (χ4n) is 2.58. The Labute approximate surface area is 154 Å². The lowest BCUT2D eigenvalue weighted by atomic mass is 10.1. The lowest BCUT2D eigenvalue weighted by molar-refractivity contribution is 0.577. The predicted octanol–water partition coefficient (Wildman–Crippen LogP) is 4.58. The standard InChI is InChI=1S/C19H16ClF2N3O/c1-11-3-4-12(2)17(5-11)23-19-24-18(26)16(20)10-25(19)9-13-6-14(21)8-15(22)7-13/h3-8,10H,9H2,1-2H3,(H,23,24,26). The summed E-state index contributed by atoms with van der Waals surface area (Å²) in [6.45, 7) is 3.96. The van der Waals surface area contributed by atoms with Gasteiger partial charge in [0.1, 0.15) is 16.7 Å². The molecule has 1 N–H and O–H groups in total. The van der Waals surface area contributed by atoms with E-state index in [2.05, 4.69) is 10.3 Å². The quantitative estimate of drug-likeness (QED) is 0.725. The zero-order valence-electron chi connectivity index (χ0n) is 14.2. The van der Waals surface area contributed by atoms with Crippen molar-refractivity contribution in [3.8, 4) is 0 Å².